The highest BCUT2D eigenvalue weighted by Crippen LogP contribution is 2.35. The molecule has 2 nitrogen and oxygen atoms in total. The molecule has 1 fully saturated rings. The van der Waals surface area contributed by atoms with Crippen molar-refractivity contribution in [3.05, 3.63) is 0 Å². The molecule has 0 N–H and O–H groups in total. The van der Waals surface area contributed by atoms with Crippen LogP contribution in [0, 0.1) is 29.1 Å². The van der Waals surface area contributed by atoms with Crippen molar-refractivity contribution < 1.29 is 4.79 Å². The standard InChI is InChI=1S/C10H11NO/c1-2-6-10(8-11)7-4-3-5-9(10)12/h1H,3-7H2. The zero-order chi connectivity index (χ0) is 9.03. The Kier molecular flexibility index (Phi) is 2.51. The number of carbonyl (C=O) groups is 1. The minimum atomic E-state index is -0.840. The maximum Gasteiger partial charge on any atom is 0.154 e. The lowest BCUT2D eigenvalue weighted by atomic mass is 9.72. The van der Waals surface area contributed by atoms with Crippen LogP contribution in [0.3, 0.4) is 0 Å². The topological polar surface area (TPSA) is 40.9 Å². The monoisotopic (exact) mass is 161 g/mol. The molecule has 0 spiro atoms. The van der Waals surface area contributed by atoms with E-state index < -0.39 is 5.41 Å². The van der Waals surface area contributed by atoms with Gasteiger partial charge in [0.1, 0.15) is 5.41 Å². The maximum absolute atomic E-state index is 11.4. The zero-order valence-electron chi connectivity index (χ0n) is 6.97. The van der Waals surface area contributed by atoms with E-state index in [0.717, 1.165) is 12.8 Å². The molecule has 1 saturated carbocycles. The van der Waals surface area contributed by atoms with Gasteiger partial charge in [-0.1, -0.05) is 6.42 Å². The number of nitriles is 1. The van der Waals surface area contributed by atoms with Crippen LogP contribution in [-0.4, -0.2) is 5.78 Å². The molecule has 0 aromatic heterocycles. The molecule has 12 heavy (non-hydrogen) atoms. The summed E-state index contributed by atoms with van der Waals surface area (Å²) in [5, 5.41) is 8.88. The number of carbonyl (C=O) groups excluding carboxylic acids is 1. The highest BCUT2D eigenvalue weighted by Gasteiger charge is 2.39. The number of hydrogen-bond acceptors (Lipinski definition) is 2. The van der Waals surface area contributed by atoms with Crippen molar-refractivity contribution in [1.82, 2.24) is 0 Å². The van der Waals surface area contributed by atoms with Gasteiger partial charge in [-0.05, 0) is 12.8 Å². The van der Waals surface area contributed by atoms with Crippen molar-refractivity contribution in [3.63, 3.8) is 0 Å². The first-order valence-corrected chi connectivity index (χ1v) is 4.13. The highest BCUT2D eigenvalue weighted by atomic mass is 16.1. The Labute approximate surface area is 72.6 Å². The molecule has 62 valence electrons. The predicted octanol–water partition coefficient (Wildman–Crippen LogP) is 1.66. The van der Waals surface area contributed by atoms with E-state index in [0.29, 0.717) is 12.8 Å². The molecule has 0 heterocycles. The summed E-state index contributed by atoms with van der Waals surface area (Å²) >= 11 is 0. The van der Waals surface area contributed by atoms with E-state index in [2.05, 4.69) is 12.0 Å². The Morgan fingerprint density at radius 1 is 1.58 bits per heavy atom. The Balaban J connectivity index is 2.84. The summed E-state index contributed by atoms with van der Waals surface area (Å²) in [7, 11) is 0. The minimum Gasteiger partial charge on any atom is -0.298 e. The quantitative estimate of drug-likeness (QED) is 0.549. The minimum absolute atomic E-state index is 0.0363. The second kappa shape index (κ2) is 3.41. The molecule has 2 heteroatoms. The van der Waals surface area contributed by atoms with Crippen molar-refractivity contribution in [2.45, 2.75) is 32.1 Å². The van der Waals surface area contributed by atoms with Crippen LogP contribution in [0.1, 0.15) is 32.1 Å². The van der Waals surface area contributed by atoms with E-state index in [1.165, 1.54) is 0 Å². The first-order valence-electron chi connectivity index (χ1n) is 4.13. The van der Waals surface area contributed by atoms with Crippen molar-refractivity contribution in [1.29, 1.82) is 5.26 Å². The lowest BCUT2D eigenvalue weighted by Gasteiger charge is -2.26. The lowest BCUT2D eigenvalue weighted by molar-refractivity contribution is -0.127. The average Bonchev–Trinajstić information content (AvgIpc) is 2.10. The van der Waals surface area contributed by atoms with Gasteiger partial charge >= 0.3 is 0 Å². The maximum atomic E-state index is 11.4. The normalized spacial score (nSPS) is 29.0. The van der Waals surface area contributed by atoms with Gasteiger partial charge in [0.05, 0.1) is 6.07 Å². The van der Waals surface area contributed by atoms with Crippen molar-refractivity contribution in [3.8, 4) is 18.4 Å². The van der Waals surface area contributed by atoms with Crippen LogP contribution in [0.25, 0.3) is 0 Å². The van der Waals surface area contributed by atoms with E-state index >= 15 is 0 Å². The first-order chi connectivity index (χ1) is 5.75. The molecular weight excluding hydrogens is 150 g/mol. The van der Waals surface area contributed by atoms with Gasteiger partial charge < -0.3 is 0 Å². The van der Waals surface area contributed by atoms with Gasteiger partial charge in [-0.2, -0.15) is 5.26 Å². The number of terminal acetylenes is 1. The number of nitrogens with zero attached hydrogens (tertiary/aromatic N) is 1. The summed E-state index contributed by atoms with van der Waals surface area (Å²) in [6.07, 6.45) is 8.43. The van der Waals surface area contributed by atoms with Crippen LogP contribution in [0.5, 0.6) is 0 Å². The second-order valence-corrected chi connectivity index (χ2v) is 3.21. The fourth-order valence-electron chi connectivity index (χ4n) is 1.61. The third kappa shape index (κ3) is 1.34. The van der Waals surface area contributed by atoms with Gasteiger partial charge in [0.15, 0.2) is 5.78 Å². The summed E-state index contributed by atoms with van der Waals surface area (Å²) in [6, 6.07) is 2.08. The van der Waals surface area contributed by atoms with Gasteiger partial charge in [-0.15, -0.1) is 12.3 Å². The molecule has 1 aliphatic rings. The number of ketones is 1. The van der Waals surface area contributed by atoms with Gasteiger partial charge in [0.25, 0.3) is 0 Å². The molecular formula is C10H11NO. The molecule has 0 bridgehead atoms. The van der Waals surface area contributed by atoms with Crippen LogP contribution in [0.2, 0.25) is 0 Å². The van der Waals surface area contributed by atoms with Gasteiger partial charge in [0, 0.05) is 12.8 Å². The van der Waals surface area contributed by atoms with E-state index in [1.54, 1.807) is 0 Å². The Morgan fingerprint density at radius 2 is 2.33 bits per heavy atom. The van der Waals surface area contributed by atoms with Crippen molar-refractivity contribution in [2.75, 3.05) is 0 Å². The van der Waals surface area contributed by atoms with Crippen LogP contribution in [0.15, 0.2) is 0 Å². The molecule has 0 aliphatic heterocycles. The third-order valence-corrected chi connectivity index (χ3v) is 2.41. The van der Waals surface area contributed by atoms with E-state index in [1.807, 2.05) is 0 Å². The molecule has 0 aromatic carbocycles. The molecule has 0 amide bonds. The Hall–Kier alpha value is -1.28. The van der Waals surface area contributed by atoms with Crippen LogP contribution in [0.4, 0.5) is 0 Å². The first kappa shape index (κ1) is 8.81. The molecule has 1 unspecified atom stereocenters. The van der Waals surface area contributed by atoms with E-state index in [-0.39, 0.29) is 12.2 Å². The summed E-state index contributed by atoms with van der Waals surface area (Å²) in [5.41, 5.74) is -0.840. The third-order valence-electron chi connectivity index (χ3n) is 2.41. The molecule has 1 atom stereocenters. The fourth-order valence-corrected chi connectivity index (χ4v) is 1.61. The summed E-state index contributed by atoms with van der Waals surface area (Å²) in [4.78, 5) is 11.4. The van der Waals surface area contributed by atoms with Crippen LogP contribution < -0.4 is 0 Å². The van der Waals surface area contributed by atoms with Gasteiger partial charge in [-0.3, -0.25) is 4.79 Å². The summed E-state index contributed by atoms with van der Waals surface area (Å²) < 4.78 is 0. The SMILES string of the molecule is C#CCC1(C#N)CCCCC1=O. The molecule has 0 aromatic rings. The largest absolute Gasteiger partial charge is 0.298 e. The summed E-state index contributed by atoms with van der Waals surface area (Å²) in [6.45, 7) is 0. The summed E-state index contributed by atoms with van der Waals surface area (Å²) in [5.74, 6) is 2.45. The number of rotatable bonds is 1. The van der Waals surface area contributed by atoms with Gasteiger partial charge in [0.2, 0.25) is 0 Å². The van der Waals surface area contributed by atoms with E-state index in [9.17, 15) is 4.79 Å². The average molecular weight is 161 g/mol. The predicted molar refractivity (Wildman–Crippen MR) is 45.0 cm³/mol. The molecule has 1 aliphatic carbocycles. The van der Waals surface area contributed by atoms with Crippen LogP contribution >= 0.6 is 0 Å². The van der Waals surface area contributed by atoms with Crippen molar-refractivity contribution >= 4 is 5.78 Å². The Morgan fingerprint density at radius 3 is 2.83 bits per heavy atom. The highest BCUT2D eigenvalue weighted by molar-refractivity contribution is 5.88. The van der Waals surface area contributed by atoms with Gasteiger partial charge in [-0.25, -0.2) is 0 Å². The zero-order valence-corrected chi connectivity index (χ0v) is 6.97. The number of Topliss-reactive ketones (excluding diaryl/α,β-unsaturated/α-hetero) is 1. The fraction of sp³-hybridized carbons (Fsp3) is 0.600. The van der Waals surface area contributed by atoms with Crippen molar-refractivity contribution in [2.24, 2.45) is 5.41 Å². The molecule has 0 radical (unpaired) electrons. The molecule has 0 saturated heterocycles. The lowest BCUT2D eigenvalue weighted by Crippen LogP contribution is -2.32. The van der Waals surface area contributed by atoms with E-state index in [4.69, 9.17) is 11.7 Å². The second-order valence-electron chi connectivity index (χ2n) is 3.21. The number of hydrogen-bond donors (Lipinski definition) is 0. The van der Waals surface area contributed by atoms with Crippen LogP contribution in [-0.2, 0) is 4.79 Å². The Bertz CT molecular complexity index is 269. The smallest absolute Gasteiger partial charge is 0.154 e. The molecule has 1 rings (SSSR count).